The summed E-state index contributed by atoms with van der Waals surface area (Å²) >= 11 is 11.6. The van der Waals surface area contributed by atoms with Crippen LogP contribution in [0.4, 0.5) is 5.69 Å². The van der Waals surface area contributed by atoms with Crippen molar-refractivity contribution < 1.29 is 8.42 Å². The largest absolute Gasteiger partial charge is 0.398 e. The van der Waals surface area contributed by atoms with Crippen LogP contribution >= 0.6 is 23.2 Å². The summed E-state index contributed by atoms with van der Waals surface area (Å²) in [6.07, 6.45) is 1.65. The van der Waals surface area contributed by atoms with E-state index in [1.807, 2.05) is 6.92 Å². The first-order valence-corrected chi connectivity index (χ1v) is 7.36. The van der Waals surface area contributed by atoms with Crippen LogP contribution in [0.3, 0.4) is 0 Å². The van der Waals surface area contributed by atoms with Crippen molar-refractivity contribution in [2.45, 2.75) is 24.7 Å². The molecule has 0 aliphatic carbocycles. The van der Waals surface area contributed by atoms with E-state index in [0.29, 0.717) is 11.6 Å². The lowest BCUT2D eigenvalue weighted by atomic mass is 10.3. The molecule has 17 heavy (non-hydrogen) atoms. The maximum absolute atomic E-state index is 11.9. The van der Waals surface area contributed by atoms with Gasteiger partial charge >= 0.3 is 0 Å². The normalized spacial score (nSPS) is 11.7. The summed E-state index contributed by atoms with van der Waals surface area (Å²) in [5.41, 5.74) is 5.67. The summed E-state index contributed by atoms with van der Waals surface area (Å²) in [4.78, 5) is -0.111. The van der Waals surface area contributed by atoms with Gasteiger partial charge in [0.1, 0.15) is 4.90 Å². The Morgan fingerprint density at radius 2 is 2.00 bits per heavy atom. The predicted molar refractivity (Wildman–Crippen MR) is 71.0 cm³/mol. The van der Waals surface area contributed by atoms with Crippen LogP contribution in [-0.2, 0) is 10.0 Å². The fraction of sp³-hybridized carbons (Fsp3) is 0.400. The van der Waals surface area contributed by atoms with Crippen molar-refractivity contribution in [3.63, 3.8) is 0 Å². The zero-order valence-electron chi connectivity index (χ0n) is 9.33. The van der Waals surface area contributed by atoms with E-state index in [1.54, 1.807) is 0 Å². The number of rotatable bonds is 5. The van der Waals surface area contributed by atoms with Crippen LogP contribution in [0.5, 0.6) is 0 Å². The molecule has 1 rings (SSSR count). The second kappa shape index (κ2) is 5.91. The number of sulfonamides is 1. The molecule has 0 fully saturated rings. The maximum atomic E-state index is 11.9. The van der Waals surface area contributed by atoms with Gasteiger partial charge in [0.25, 0.3) is 0 Å². The number of nitrogen functional groups attached to an aromatic ring is 1. The molecule has 0 aliphatic heterocycles. The van der Waals surface area contributed by atoms with Gasteiger partial charge < -0.3 is 5.73 Å². The summed E-state index contributed by atoms with van der Waals surface area (Å²) in [5.74, 6) is 0. The smallest absolute Gasteiger partial charge is 0.244 e. The number of nitrogens with one attached hydrogen (secondary N) is 1. The van der Waals surface area contributed by atoms with Crippen LogP contribution < -0.4 is 10.5 Å². The second-order valence-corrected chi connectivity index (χ2v) is 6.10. The van der Waals surface area contributed by atoms with Crippen LogP contribution in [0.25, 0.3) is 0 Å². The lowest BCUT2D eigenvalue weighted by molar-refractivity contribution is 0.579. The Kier molecular flexibility index (Phi) is 5.06. The van der Waals surface area contributed by atoms with Crippen molar-refractivity contribution in [2.24, 2.45) is 0 Å². The molecule has 0 bridgehead atoms. The Balaban J connectivity index is 3.07. The highest BCUT2D eigenvalue weighted by Gasteiger charge is 2.21. The number of anilines is 1. The highest BCUT2D eigenvalue weighted by molar-refractivity contribution is 7.89. The molecule has 0 spiro atoms. The number of benzene rings is 1. The standard InChI is InChI=1S/C10H14Cl2N2O2S/c1-2-3-4-14-17(15,16)10-8(12)5-7(11)6-9(10)13/h5-6,14H,2-4,13H2,1H3. The average molecular weight is 297 g/mol. The monoisotopic (exact) mass is 296 g/mol. The Morgan fingerprint density at radius 1 is 1.35 bits per heavy atom. The van der Waals surface area contributed by atoms with Gasteiger partial charge in [0.05, 0.1) is 10.7 Å². The molecule has 0 saturated carbocycles. The molecule has 7 heteroatoms. The van der Waals surface area contributed by atoms with Crippen LogP contribution in [-0.4, -0.2) is 15.0 Å². The highest BCUT2D eigenvalue weighted by Crippen LogP contribution is 2.30. The minimum Gasteiger partial charge on any atom is -0.398 e. The number of hydrogen-bond donors (Lipinski definition) is 2. The van der Waals surface area contributed by atoms with Gasteiger partial charge in [-0.1, -0.05) is 36.5 Å². The average Bonchev–Trinajstić information content (AvgIpc) is 2.15. The first-order valence-electron chi connectivity index (χ1n) is 5.12. The third-order valence-corrected chi connectivity index (χ3v) is 4.33. The topological polar surface area (TPSA) is 72.2 Å². The molecule has 0 atom stereocenters. The van der Waals surface area contributed by atoms with E-state index < -0.39 is 10.0 Å². The van der Waals surface area contributed by atoms with E-state index in [0.717, 1.165) is 12.8 Å². The Bertz CT molecular complexity index is 480. The minimum absolute atomic E-state index is 0.0269. The van der Waals surface area contributed by atoms with Gasteiger partial charge in [-0.15, -0.1) is 0 Å². The first kappa shape index (κ1) is 14.6. The third-order valence-electron chi connectivity index (χ3n) is 2.13. The minimum atomic E-state index is -3.68. The Labute approximate surface area is 111 Å². The molecule has 4 nitrogen and oxygen atoms in total. The van der Waals surface area contributed by atoms with Gasteiger partial charge in [-0.2, -0.15) is 0 Å². The van der Waals surface area contributed by atoms with Gasteiger partial charge in [0.15, 0.2) is 0 Å². The molecule has 1 aromatic carbocycles. The molecule has 0 radical (unpaired) electrons. The SMILES string of the molecule is CCCCNS(=O)(=O)c1c(N)cc(Cl)cc1Cl. The lowest BCUT2D eigenvalue weighted by Crippen LogP contribution is -2.25. The number of halogens is 2. The van der Waals surface area contributed by atoms with E-state index in [-0.39, 0.29) is 15.6 Å². The second-order valence-electron chi connectivity index (χ2n) is 3.56. The number of unbranched alkanes of at least 4 members (excludes halogenated alkanes) is 1. The molecule has 3 N–H and O–H groups in total. The van der Waals surface area contributed by atoms with Gasteiger partial charge in [0, 0.05) is 11.6 Å². The summed E-state index contributed by atoms with van der Waals surface area (Å²) in [6, 6.07) is 2.72. The lowest BCUT2D eigenvalue weighted by Gasteiger charge is -2.10. The first-order chi connectivity index (χ1) is 7.88. The summed E-state index contributed by atoms with van der Waals surface area (Å²) in [6.45, 7) is 2.33. The predicted octanol–water partition coefficient (Wildman–Crippen LogP) is 2.65. The number of nitrogens with two attached hydrogens (primary N) is 1. The molecule has 96 valence electrons. The molecular weight excluding hydrogens is 283 g/mol. The molecule has 0 unspecified atom stereocenters. The van der Waals surface area contributed by atoms with E-state index in [4.69, 9.17) is 28.9 Å². The van der Waals surface area contributed by atoms with Crippen molar-refractivity contribution in [3.8, 4) is 0 Å². The fourth-order valence-electron chi connectivity index (χ4n) is 1.32. The maximum Gasteiger partial charge on any atom is 0.244 e. The zero-order chi connectivity index (χ0) is 13.1. The summed E-state index contributed by atoms with van der Waals surface area (Å²) < 4.78 is 26.3. The quantitative estimate of drug-likeness (QED) is 0.648. The summed E-state index contributed by atoms with van der Waals surface area (Å²) in [5, 5.41) is 0.332. The Hall–Kier alpha value is -0.490. The van der Waals surface area contributed by atoms with Crippen molar-refractivity contribution in [1.82, 2.24) is 4.72 Å². The van der Waals surface area contributed by atoms with E-state index in [9.17, 15) is 8.42 Å². The zero-order valence-corrected chi connectivity index (χ0v) is 11.7. The molecule has 1 aromatic rings. The van der Waals surface area contributed by atoms with E-state index >= 15 is 0 Å². The van der Waals surface area contributed by atoms with Crippen LogP contribution in [0.1, 0.15) is 19.8 Å². The van der Waals surface area contributed by atoms with Crippen molar-refractivity contribution in [1.29, 1.82) is 0 Å². The highest BCUT2D eigenvalue weighted by atomic mass is 35.5. The molecule has 0 amide bonds. The fourth-order valence-corrected chi connectivity index (χ4v) is 3.38. The van der Waals surface area contributed by atoms with E-state index in [1.165, 1.54) is 12.1 Å². The number of hydrogen-bond acceptors (Lipinski definition) is 3. The summed E-state index contributed by atoms with van der Waals surface area (Å²) in [7, 11) is -3.68. The van der Waals surface area contributed by atoms with Crippen molar-refractivity contribution in [2.75, 3.05) is 12.3 Å². The van der Waals surface area contributed by atoms with Crippen molar-refractivity contribution in [3.05, 3.63) is 22.2 Å². The van der Waals surface area contributed by atoms with Crippen molar-refractivity contribution >= 4 is 38.9 Å². The van der Waals surface area contributed by atoms with Gasteiger partial charge in [0.2, 0.25) is 10.0 Å². The van der Waals surface area contributed by atoms with Crippen LogP contribution in [0.15, 0.2) is 17.0 Å². The Morgan fingerprint density at radius 3 is 2.53 bits per heavy atom. The van der Waals surface area contributed by atoms with Crippen LogP contribution in [0, 0.1) is 0 Å². The third kappa shape index (κ3) is 3.74. The molecule has 0 aliphatic rings. The molecule has 0 saturated heterocycles. The molecular formula is C10H14Cl2N2O2S. The molecule has 0 heterocycles. The van der Waals surface area contributed by atoms with Crippen LogP contribution in [0.2, 0.25) is 10.0 Å². The van der Waals surface area contributed by atoms with Gasteiger partial charge in [-0.3, -0.25) is 0 Å². The molecule has 0 aromatic heterocycles. The van der Waals surface area contributed by atoms with Gasteiger partial charge in [-0.25, -0.2) is 13.1 Å². The van der Waals surface area contributed by atoms with E-state index in [2.05, 4.69) is 4.72 Å². The van der Waals surface area contributed by atoms with Gasteiger partial charge in [-0.05, 0) is 18.6 Å².